The highest BCUT2D eigenvalue weighted by Gasteiger charge is 2.14. The zero-order chi connectivity index (χ0) is 18.9. The number of nitrogens with one attached hydrogen (secondary N) is 2. The Balaban J connectivity index is 1.70. The lowest BCUT2D eigenvalue weighted by atomic mass is 10.0. The van der Waals surface area contributed by atoms with Crippen LogP contribution < -0.4 is 10.6 Å². The van der Waals surface area contributed by atoms with Gasteiger partial charge in [0.05, 0.1) is 25.0 Å². The first kappa shape index (κ1) is 19.7. The zero-order valence-corrected chi connectivity index (χ0v) is 15.4. The van der Waals surface area contributed by atoms with E-state index >= 15 is 0 Å². The molecule has 0 saturated carbocycles. The Kier molecular flexibility index (Phi) is 7.37. The molecule has 2 aromatic rings. The third kappa shape index (κ3) is 7.08. The maximum Gasteiger partial charge on any atom is 0.220 e. The van der Waals surface area contributed by atoms with E-state index in [1.165, 1.54) is 12.5 Å². The molecule has 0 fully saturated rings. The summed E-state index contributed by atoms with van der Waals surface area (Å²) in [4.78, 5) is 31.9. The van der Waals surface area contributed by atoms with Gasteiger partial charge in [-0.3, -0.25) is 9.59 Å². The molecule has 2 amide bonds. The molecule has 0 aliphatic rings. The van der Waals surface area contributed by atoms with E-state index in [2.05, 4.69) is 20.6 Å². The van der Waals surface area contributed by atoms with Gasteiger partial charge in [-0.1, -0.05) is 20.8 Å². The van der Waals surface area contributed by atoms with Gasteiger partial charge >= 0.3 is 0 Å². The van der Waals surface area contributed by atoms with Crippen LogP contribution in [0.1, 0.15) is 51.1 Å². The van der Waals surface area contributed by atoms with Crippen molar-refractivity contribution in [2.75, 3.05) is 0 Å². The van der Waals surface area contributed by atoms with Crippen LogP contribution in [0.4, 0.5) is 0 Å². The number of rotatable bonds is 10. The minimum absolute atomic E-state index is 0.000589. The van der Waals surface area contributed by atoms with Gasteiger partial charge in [-0.15, -0.1) is 0 Å². The fourth-order valence-electron chi connectivity index (χ4n) is 2.43. The Morgan fingerprint density at radius 2 is 1.77 bits per heavy atom. The Bertz CT molecular complexity index is 694. The summed E-state index contributed by atoms with van der Waals surface area (Å²) in [6, 6.07) is 0. The van der Waals surface area contributed by atoms with Crippen LogP contribution in [-0.4, -0.2) is 21.8 Å². The summed E-state index contributed by atoms with van der Waals surface area (Å²) in [7, 11) is 0. The van der Waals surface area contributed by atoms with Crippen LogP contribution in [0.15, 0.2) is 27.6 Å². The van der Waals surface area contributed by atoms with E-state index in [1.54, 1.807) is 6.26 Å². The molecule has 2 heterocycles. The second-order valence-electron chi connectivity index (χ2n) is 6.82. The Hall–Kier alpha value is -2.64. The number of aromatic nitrogens is 2. The number of carbonyl (C=O) groups is 2. The second kappa shape index (κ2) is 9.74. The summed E-state index contributed by atoms with van der Waals surface area (Å²) in [6.07, 6.45) is 5.94. The molecule has 26 heavy (non-hydrogen) atoms. The predicted molar refractivity (Wildman–Crippen MR) is 93.6 cm³/mol. The Morgan fingerprint density at radius 3 is 2.46 bits per heavy atom. The van der Waals surface area contributed by atoms with E-state index in [9.17, 15) is 9.59 Å². The normalized spacial score (nSPS) is 12.2. The Labute approximate surface area is 152 Å². The van der Waals surface area contributed by atoms with Crippen molar-refractivity contribution in [2.45, 2.75) is 53.1 Å². The molecule has 0 bridgehead atoms. The van der Waals surface area contributed by atoms with E-state index in [4.69, 9.17) is 8.83 Å². The number of hydrogen-bond donors (Lipinski definition) is 2. The number of nitrogens with zero attached hydrogens (tertiary/aromatic N) is 2. The zero-order valence-electron chi connectivity index (χ0n) is 15.4. The van der Waals surface area contributed by atoms with Gasteiger partial charge in [0.1, 0.15) is 12.5 Å². The van der Waals surface area contributed by atoms with Crippen molar-refractivity contribution < 1.29 is 18.4 Å². The van der Waals surface area contributed by atoms with Gasteiger partial charge in [0.2, 0.25) is 17.7 Å². The fourth-order valence-corrected chi connectivity index (χ4v) is 2.43. The van der Waals surface area contributed by atoms with Crippen LogP contribution in [-0.2, 0) is 29.1 Å². The summed E-state index contributed by atoms with van der Waals surface area (Å²) in [6.45, 7) is 6.57. The number of hydrogen-bond acceptors (Lipinski definition) is 6. The third-order valence-corrected chi connectivity index (χ3v) is 3.64. The van der Waals surface area contributed by atoms with Crippen molar-refractivity contribution in [1.82, 2.24) is 20.6 Å². The molecule has 0 aliphatic carbocycles. The van der Waals surface area contributed by atoms with Crippen molar-refractivity contribution in [3.63, 3.8) is 0 Å². The molecule has 0 saturated heterocycles. The molecule has 142 valence electrons. The highest BCUT2D eigenvalue weighted by Crippen LogP contribution is 2.12. The third-order valence-electron chi connectivity index (χ3n) is 3.64. The van der Waals surface area contributed by atoms with Gasteiger partial charge in [0.15, 0.2) is 5.89 Å². The Morgan fingerprint density at radius 1 is 1.04 bits per heavy atom. The minimum Gasteiger partial charge on any atom is -0.449 e. The lowest BCUT2D eigenvalue weighted by Crippen LogP contribution is -2.25. The van der Waals surface area contributed by atoms with E-state index in [0.29, 0.717) is 49.2 Å². The maximum atomic E-state index is 11.9. The van der Waals surface area contributed by atoms with Crippen LogP contribution in [0.25, 0.3) is 0 Å². The van der Waals surface area contributed by atoms with Crippen molar-refractivity contribution in [1.29, 1.82) is 0 Å². The SMILES string of the molecule is CC(C)CC(=O)NCc1coc(C[C@H](C)CC(=O)NCc2ncco2)n1. The van der Waals surface area contributed by atoms with Crippen molar-refractivity contribution in [3.05, 3.63) is 36.2 Å². The first-order valence-electron chi connectivity index (χ1n) is 8.77. The molecule has 0 radical (unpaired) electrons. The summed E-state index contributed by atoms with van der Waals surface area (Å²) in [5.41, 5.74) is 0.678. The van der Waals surface area contributed by atoms with Crippen LogP contribution >= 0.6 is 0 Å². The maximum absolute atomic E-state index is 11.9. The molecule has 1 atom stereocenters. The van der Waals surface area contributed by atoms with E-state index < -0.39 is 0 Å². The molecule has 0 aliphatic heterocycles. The second-order valence-corrected chi connectivity index (χ2v) is 6.82. The molecule has 0 unspecified atom stereocenters. The average molecular weight is 362 g/mol. The standard InChI is InChI=1S/C18H26N4O4/c1-12(2)6-15(23)20-9-14-11-26-17(22-14)8-13(3)7-16(24)21-10-18-19-4-5-25-18/h4-5,11-13H,6-10H2,1-3H3,(H,20,23)(H,21,24)/t13-/m1/s1. The minimum atomic E-state index is -0.0802. The topological polar surface area (TPSA) is 110 Å². The van der Waals surface area contributed by atoms with Gasteiger partial charge in [-0.25, -0.2) is 9.97 Å². The van der Waals surface area contributed by atoms with Crippen LogP contribution in [0.3, 0.4) is 0 Å². The fraction of sp³-hybridized carbons (Fsp3) is 0.556. The highest BCUT2D eigenvalue weighted by atomic mass is 16.3. The van der Waals surface area contributed by atoms with Gasteiger partial charge in [0, 0.05) is 19.3 Å². The first-order valence-corrected chi connectivity index (χ1v) is 8.77. The molecule has 2 aromatic heterocycles. The van der Waals surface area contributed by atoms with Gasteiger partial charge in [-0.05, 0) is 11.8 Å². The predicted octanol–water partition coefficient (Wildman–Crippen LogP) is 2.21. The monoisotopic (exact) mass is 362 g/mol. The average Bonchev–Trinajstić information content (AvgIpc) is 3.22. The number of oxazole rings is 2. The first-order chi connectivity index (χ1) is 12.4. The molecule has 0 spiro atoms. The number of carbonyl (C=O) groups excluding carboxylic acids is 2. The summed E-state index contributed by atoms with van der Waals surface area (Å²) < 4.78 is 10.5. The molecule has 2 N–H and O–H groups in total. The molecule has 8 heteroatoms. The molecular formula is C18H26N4O4. The van der Waals surface area contributed by atoms with Gasteiger partial charge in [0.25, 0.3) is 0 Å². The lowest BCUT2D eigenvalue weighted by Gasteiger charge is -2.08. The summed E-state index contributed by atoms with van der Waals surface area (Å²) in [5, 5.41) is 5.58. The summed E-state index contributed by atoms with van der Waals surface area (Å²) in [5.74, 6) is 1.35. The number of amides is 2. The van der Waals surface area contributed by atoms with Crippen LogP contribution in [0.5, 0.6) is 0 Å². The smallest absolute Gasteiger partial charge is 0.220 e. The van der Waals surface area contributed by atoms with Crippen molar-refractivity contribution in [2.24, 2.45) is 11.8 Å². The van der Waals surface area contributed by atoms with Crippen LogP contribution in [0, 0.1) is 11.8 Å². The molecule has 0 aromatic carbocycles. The quantitative estimate of drug-likeness (QED) is 0.670. The molecular weight excluding hydrogens is 336 g/mol. The van der Waals surface area contributed by atoms with E-state index in [0.717, 1.165) is 0 Å². The van der Waals surface area contributed by atoms with E-state index in [-0.39, 0.29) is 24.3 Å². The van der Waals surface area contributed by atoms with Crippen molar-refractivity contribution >= 4 is 11.8 Å². The van der Waals surface area contributed by atoms with E-state index in [1.807, 2.05) is 20.8 Å². The largest absolute Gasteiger partial charge is 0.449 e. The molecule has 2 rings (SSSR count). The van der Waals surface area contributed by atoms with Gasteiger partial charge in [-0.2, -0.15) is 0 Å². The van der Waals surface area contributed by atoms with Crippen LogP contribution in [0.2, 0.25) is 0 Å². The van der Waals surface area contributed by atoms with Crippen molar-refractivity contribution in [3.8, 4) is 0 Å². The highest BCUT2D eigenvalue weighted by molar-refractivity contribution is 5.76. The summed E-state index contributed by atoms with van der Waals surface area (Å²) >= 11 is 0. The molecule has 8 nitrogen and oxygen atoms in total. The van der Waals surface area contributed by atoms with Gasteiger partial charge < -0.3 is 19.5 Å². The lowest BCUT2D eigenvalue weighted by molar-refractivity contribution is -0.122.